The van der Waals surface area contributed by atoms with Crippen LogP contribution in [0, 0.1) is 0 Å². The smallest absolute Gasteiger partial charge is 0.0383 e. The van der Waals surface area contributed by atoms with Crippen LogP contribution in [0.2, 0.25) is 0 Å². The second kappa shape index (κ2) is 5.28. The second-order valence-corrected chi connectivity index (χ2v) is 5.51. The second-order valence-electron chi connectivity index (χ2n) is 5.51. The molecular formula is C12H27N3. The Labute approximate surface area is 94.8 Å². The zero-order chi connectivity index (χ0) is 11.6. The molecule has 1 fully saturated rings. The lowest BCUT2D eigenvalue weighted by atomic mass is 10.1. The van der Waals surface area contributed by atoms with Crippen LogP contribution < -0.4 is 5.32 Å². The third-order valence-electron chi connectivity index (χ3n) is 3.26. The van der Waals surface area contributed by atoms with Gasteiger partial charge in [-0.15, -0.1) is 0 Å². The van der Waals surface area contributed by atoms with Gasteiger partial charge in [0.05, 0.1) is 0 Å². The van der Waals surface area contributed by atoms with E-state index in [-0.39, 0.29) is 0 Å². The maximum Gasteiger partial charge on any atom is 0.0383 e. The zero-order valence-corrected chi connectivity index (χ0v) is 11.1. The highest BCUT2D eigenvalue weighted by molar-refractivity contribution is 4.95. The summed E-state index contributed by atoms with van der Waals surface area (Å²) in [7, 11) is 4.37. The first-order chi connectivity index (χ1) is 6.91. The zero-order valence-electron chi connectivity index (χ0n) is 11.1. The maximum atomic E-state index is 3.67. The van der Waals surface area contributed by atoms with E-state index in [1.54, 1.807) is 0 Å². The van der Waals surface area contributed by atoms with Gasteiger partial charge in [-0.25, -0.2) is 0 Å². The fourth-order valence-corrected chi connectivity index (χ4v) is 2.35. The normalized spacial score (nSPS) is 28.6. The van der Waals surface area contributed by atoms with Crippen LogP contribution in [0.1, 0.15) is 27.7 Å². The monoisotopic (exact) mass is 213 g/mol. The molecule has 0 aromatic heterocycles. The average molecular weight is 213 g/mol. The highest BCUT2D eigenvalue weighted by Crippen LogP contribution is 2.17. The van der Waals surface area contributed by atoms with Crippen molar-refractivity contribution in [2.45, 2.75) is 51.9 Å². The number of nitrogens with one attached hydrogen (secondary N) is 1. The minimum Gasteiger partial charge on any atom is -0.309 e. The van der Waals surface area contributed by atoms with Gasteiger partial charge in [0.1, 0.15) is 0 Å². The largest absolute Gasteiger partial charge is 0.309 e. The lowest BCUT2D eigenvalue weighted by Crippen LogP contribution is -2.48. The Morgan fingerprint density at radius 3 is 2.13 bits per heavy atom. The van der Waals surface area contributed by atoms with Crippen molar-refractivity contribution < 1.29 is 0 Å². The Morgan fingerprint density at radius 1 is 1.13 bits per heavy atom. The van der Waals surface area contributed by atoms with Crippen LogP contribution in [0.25, 0.3) is 0 Å². The number of likely N-dealkylation sites (tertiary alicyclic amines) is 1. The van der Waals surface area contributed by atoms with Crippen LogP contribution in [-0.2, 0) is 0 Å². The van der Waals surface area contributed by atoms with Gasteiger partial charge in [0.2, 0.25) is 0 Å². The van der Waals surface area contributed by atoms with E-state index in [4.69, 9.17) is 0 Å². The van der Waals surface area contributed by atoms with Gasteiger partial charge in [0.25, 0.3) is 0 Å². The minimum absolute atomic E-state index is 0.574. The van der Waals surface area contributed by atoms with E-state index < -0.39 is 0 Å². The minimum atomic E-state index is 0.574. The first-order valence-corrected chi connectivity index (χ1v) is 6.08. The van der Waals surface area contributed by atoms with Crippen LogP contribution in [0.4, 0.5) is 0 Å². The lowest BCUT2D eigenvalue weighted by Gasteiger charge is -2.27. The van der Waals surface area contributed by atoms with Crippen molar-refractivity contribution in [1.82, 2.24) is 15.1 Å². The van der Waals surface area contributed by atoms with Crippen LogP contribution in [0.15, 0.2) is 0 Å². The van der Waals surface area contributed by atoms with Crippen molar-refractivity contribution in [1.29, 1.82) is 0 Å². The summed E-state index contributed by atoms with van der Waals surface area (Å²) in [5.74, 6) is 0. The molecule has 0 aromatic carbocycles. The first kappa shape index (κ1) is 12.9. The molecule has 90 valence electrons. The molecule has 3 heteroatoms. The van der Waals surface area contributed by atoms with E-state index in [1.807, 2.05) is 0 Å². The Balaban J connectivity index is 2.59. The van der Waals surface area contributed by atoms with Gasteiger partial charge in [-0.05, 0) is 27.9 Å². The molecule has 0 unspecified atom stereocenters. The van der Waals surface area contributed by atoms with Crippen molar-refractivity contribution in [2.75, 3.05) is 27.2 Å². The highest BCUT2D eigenvalue weighted by Gasteiger charge is 2.34. The molecule has 0 radical (unpaired) electrons. The molecule has 1 heterocycles. The molecule has 0 amide bonds. The van der Waals surface area contributed by atoms with Crippen molar-refractivity contribution >= 4 is 0 Å². The van der Waals surface area contributed by atoms with Crippen molar-refractivity contribution in [3.05, 3.63) is 0 Å². The molecule has 1 rings (SSSR count). The summed E-state index contributed by atoms with van der Waals surface area (Å²) >= 11 is 0. The van der Waals surface area contributed by atoms with E-state index in [1.165, 1.54) is 13.1 Å². The standard InChI is InChI=1S/C12H27N3/c1-9(2)13-11-7-15(10(3)4)8-12(11)14(5)6/h9-13H,7-8H2,1-6H3/t11-,12-/m0/s1. The van der Waals surface area contributed by atoms with E-state index >= 15 is 0 Å². The van der Waals surface area contributed by atoms with E-state index in [2.05, 4.69) is 56.9 Å². The third kappa shape index (κ3) is 3.44. The Hall–Kier alpha value is -0.120. The van der Waals surface area contributed by atoms with Crippen molar-refractivity contribution in [2.24, 2.45) is 0 Å². The molecular weight excluding hydrogens is 186 g/mol. The molecule has 1 aliphatic rings. The van der Waals surface area contributed by atoms with Crippen molar-refractivity contribution in [3.63, 3.8) is 0 Å². The topological polar surface area (TPSA) is 18.5 Å². The van der Waals surface area contributed by atoms with E-state index in [0.717, 1.165) is 0 Å². The van der Waals surface area contributed by atoms with Gasteiger partial charge in [-0.1, -0.05) is 13.8 Å². The number of nitrogens with zero attached hydrogens (tertiary/aromatic N) is 2. The SMILES string of the molecule is CC(C)N[C@H]1CN(C(C)C)C[C@@H]1N(C)C. The summed E-state index contributed by atoms with van der Waals surface area (Å²) in [4.78, 5) is 4.91. The first-order valence-electron chi connectivity index (χ1n) is 6.08. The number of hydrogen-bond acceptors (Lipinski definition) is 3. The molecule has 15 heavy (non-hydrogen) atoms. The Morgan fingerprint density at radius 2 is 1.73 bits per heavy atom. The summed E-state index contributed by atoms with van der Waals surface area (Å²) in [6.45, 7) is 11.4. The molecule has 1 aliphatic heterocycles. The van der Waals surface area contributed by atoms with Gasteiger partial charge < -0.3 is 10.2 Å². The van der Waals surface area contributed by atoms with Gasteiger partial charge >= 0.3 is 0 Å². The predicted octanol–water partition coefficient (Wildman–Crippen LogP) is 1.01. The summed E-state index contributed by atoms with van der Waals surface area (Å²) in [5.41, 5.74) is 0. The number of hydrogen-bond donors (Lipinski definition) is 1. The molecule has 0 spiro atoms. The Bertz CT molecular complexity index is 189. The van der Waals surface area contributed by atoms with Gasteiger partial charge in [-0.3, -0.25) is 4.90 Å². The van der Waals surface area contributed by atoms with Crippen molar-refractivity contribution in [3.8, 4) is 0 Å². The quantitative estimate of drug-likeness (QED) is 0.752. The summed E-state index contributed by atoms with van der Waals surface area (Å²) in [6, 6.07) is 2.49. The molecule has 0 aliphatic carbocycles. The maximum absolute atomic E-state index is 3.67. The molecule has 1 N–H and O–H groups in total. The van der Waals surface area contributed by atoms with Crippen LogP contribution in [0.3, 0.4) is 0 Å². The van der Waals surface area contributed by atoms with Crippen LogP contribution in [-0.4, -0.2) is 61.2 Å². The van der Waals surface area contributed by atoms with Crippen LogP contribution >= 0.6 is 0 Å². The molecule has 0 bridgehead atoms. The van der Waals surface area contributed by atoms with Gasteiger partial charge in [0.15, 0.2) is 0 Å². The third-order valence-corrected chi connectivity index (χ3v) is 3.26. The number of rotatable bonds is 4. The molecule has 3 nitrogen and oxygen atoms in total. The Kier molecular flexibility index (Phi) is 4.56. The van der Waals surface area contributed by atoms with E-state index in [9.17, 15) is 0 Å². The van der Waals surface area contributed by atoms with Gasteiger partial charge in [-0.2, -0.15) is 0 Å². The summed E-state index contributed by atoms with van der Waals surface area (Å²) in [6.07, 6.45) is 0. The highest BCUT2D eigenvalue weighted by atomic mass is 15.3. The molecule has 1 saturated heterocycles. The fourth-order valence-electron chi connectivity index (χ4n) is 2.35. The lowest BCUT2D eigenvalue weighted by molar-refractivity contribution is 0.233. The summed E-state index contributed by atoms with van der Waals surface area (Å²) < 4.78 is 0. The molecule has 0 aromatic rings. The fraction of sp³-hybridized carbons (Fsp3) is 1.00. The number of likely N-dealkylation sites (N-methyl/N-ethyl adjacent to an activating group) is 1. The van der Waals surface area contributed by atoms with Crippen LogP contribution in [0.5, 0.6) is 0 Å². The van der Waals surface area contributed by atoms with E-state index in [0.29, 0.717) is 24.2 Å². The van der Waals surface area contributed by atoms with Gasteiger partial charge in [0, 0.05) is 37.3 Å². The molecule has 0 saturated carbocycles. The molecule has 2 atom stereocenters. The predicted molar refractivity (Wildman–Crippen MR) is 66.2 cm³/mol. The summed E-state index contributed by atoms with van der Waals surface area (Å²) in [5, 5.41) is 3.67. The average Bonchev–Trinajstić information content (AvgIpc) is 2.46.